The van der Waals surface area contributed by atoms with Gasteiger partial charge in [0.2, 0.25) is 0 Å². The molecule has 18 heteroatoms. The van der Waals surface area contributed by atoms with Crippen molar-refractivity contribution < 1.29 is 112 Å². The number of hydrogen-bond acceptors (Lipinski definition) is 6. The molecule has 6 nitrogen and oxygen atoms in total. The van der Waals surface area contributed by atoms with Gasteiger partial charge < -0.3 is 13.7 Å². The summed E-state index contributed by atoms with van der Waals surface area (Å²) in [4.78, 5) is 5.77. The molecule has 0 amide bonds. The Kier molecular flexibility index (Phi) is 59.2. The second kappa shape index (κ2) is 45.7. The normalized spacial score (nSPS) is 9.28. The molecule has 0 aliphatic heterocycles. The summed E-state index contributed by atoms with van der Waals surface area (Å²) >= 11 is -3.11. The third-order valence-electron chi connectivity index (χ3n) is 6.48. The molecule has 0 bridgehead atoms. The van der Waals surface area contributed by atoms with Crippen LogP contribution in [0.4, 0.5) is 26.3 Å². The number of aryl methyl sites for hydroxylation is 8. The maximum Gasteiger partial charge on any atom is 1.00 e. The van der Waals surface area contributed by atoms with Crippen LogP contribution in [0, 0.1) is 69.5 Å². The molecule has 358 valence electrons. The third kappa shape index (κ3) is 42.2. The summed E-state index contributed by atoms with van der Waals surface area (Å²) in [6.07, 6.45) is 4.64. The minimum absolute atomic E-state index is 0. The average Bonchev–Trinajstić information content (AvgIpc) is 3.12. The van der Waals surface area contributed by atoms with Crippen molar-refractivity contribution >= 4 is 43.3 Å². The number of alkyl halides is 3. The Morgan fingerprint density at radius 1 is 0.484 bits per heavy atom. The van der Waals surface area contributed by atoms with E-state index in [4.69, 9.17) is 26.3 Å². The van der Waals surface area contributed by atoms with Crippen LogP contribution >= 0.6 is 0 Å². The van der Waals surface area contributed by atoms with Crippen molar-refractivity contribution in [2.24, 2.45) is 0 Å². The molecule has 0 atom stereocenters. The minimum atomic E-state index is -6.09. The van der Waals surface area contributed by atoms with Crippen LogP contribution < -0.4 is 59.1 Å². The fraction of sp³-hybridized carbons (Fsp3) is 0.435. The molecule has 0 radical (unpaired) electrons. The van der Waals surface area contributed by atoms with E-state index < -0.39 is 33.7 Å². The van der Waals surface area contributed by atoms with Gasteiger partial charge in [-0.1, -0.05) is 87.1 Å². The summed E-state index contributed by atoms with van der Waals surface area (Å²) in [5.41, 5.74) is 5.20. The fourth-order valence-electron chi connectivity index (χ4n) is 4.71. The van der Waals surface area contributed by atoms with E-state index in [2.05, 4.69) is 141 Å². The van der Waals surface area contributed by atoms with E-state index in [1.165, 1.54) is 64.1 Å². The second-order valence-corrected chi connectivity index (χ2v) is 17.3. The van der Waals surface area contributed by atoms with E-state index in [9.17, 15) is 26.3 Å². The molecule has 4 aromatic rings. The second-order valence-electron chi connectivity index (χ2n) is 11.6. The van der Waals surface area contributed by atoms with Gasteiger partial charge in [0.05, 0.1) is 35.0 Å². The molecular formula is C46H73F6Na2O6S4+3. The molecule has 4 aromatic carbocycles. The van der Waals surface area contributed by atoms with Crippen molar-refractivity contribution in [3.8, 4) is 0 Å². The van der Waals surface area contributed by atoms with Crippen molar-refractivity contribution in [1.82, 2.24) is 0 Å². The molecule has 0 fully saturated rings. The number of halogens is 6. The minimum Gasteiger partial charge on any atom is -0.784 e. The monoisotopic (exact) mass is 1010 g/mol. The summed E-state index contributed by atoms with van der Waals surface area (Å²) in [7, 11) is -5.77. The van der Waals surface area contributed by atoms with Crippen LogP contribution in [0.3, 0.4) is 0 Å². The van der Waals surface area contributed by atoms with Crippen molar-refractivity contribution in [1.29, 1.82) is 0 Å². The first kappa shape index (κ1) is 82.9. The Morgan fingerprint density at radius 3 is 0.656 bits per heavy atom. The van der Waals surface area contributed by atoms with Crippen molar-refractivity contribution in [2.75, 3.05) is 12.5 Å². The molecule has 0 saturated heterocycles. The molecule has 0 spiro atoms. The number of benzene rings is 4. The topological polar surface area (TPSA) is 120 Å². The zero-order chi connectivity index (χ0) is 48.7. The van der Waals surface area contributed by atoms with Crippen LogP contribution in [0.5, 0.6) is 0 Å². The van der Waals surface area contributed by atoms with Crippen molar-refractivity contribution in [2.45, 2.75) is 143 Å². The van der Waals surface area contributed by atoms with Gasteiger partial charge in [-0.15, -0.1) is 11.4 Å². The first-order valence-electron chi connectivity index (χ1n) is 18.9. The van der Waals surface area contributed by atoms with Gasteiger partial charge in [-0.05, 0) is 148 Å². The number of hydrogen-bond donors (Lipinski definition) is 0. The van der Waals surface area contributed by atoms with Crippen LogP contribution in [0.15, 0.2) is 92.4 Å². The fourth-order valence-corrected chi connectivity index (χ4v) is 8.16. The maximum absolute atomic E-state index is 10.7. The first-order chi connectivity index (χ1) is 27.6. The van der Waals surface area contributed by atoms with E-state index in [1.54, 1.807) is 0 Å². The van der Waals surface area contributed by atoms with Gasteiger partial charge in [0.1, 0.15) is 12.5 Å². The molecule has 0 heterocycles. The zero-order valence-electron chi connectivity index (χ0n) is 41.3. The van der Waals surface area contributed by atoms with Crippen molar-refractivity contribution in [3.05, 3.63) is 131 Å². The largest absolute Gasteiger partial charge is 1.00 e. The molecular weight excluding hydrogens is 937 g/mol. The Balaban J connectivity index is -0.0000000877. The summed E-state index contributed by atoms with van der Waals surface area (Å²) in [6, 6.07) is 27.5. The van der Waals surface area contributed by atoms with Crippen LogP contribution in [0.25, 0.3) is 0 Å². The molecule has 64 heavy (non-hydrogen) atoms. The van der Waals surface area contributed by atoms with Gasteiger partial charge in [-0.2, -0.15) is 13.2 Å². The Hall–Kier alpha value is -1.12. The van der Waals surface area contributed by atoms with Gasteiger partial charge in [-0.25, -0.2) is 8.42 Å². The summed E-state index contributed by atoms with van der Waals surface area (Å²) < 4.78 is 113. The van der Waals surface area contributed by atoms with E-state index in [0.717, 1.165) is 0 Å². The standard InChI is InChI=1S/2C17H21S.4C2H6.CHF3O3S.CF3.CH4.CH3.2Na.H2O3S/c2*1-12-6-13(2)9-16(8-12)18(5)17-10-14(3)7-15(4)11-17;4*1-2;2-1(3,4)8(5,6)7;2-1(3)4;;;;;1-4(2)3/h2*6-11H,1-5H3;4*1-2H3;(H,5,6,7);;1H4;1H3;;;(H2,1,2,3)/q2*+1;;;;;;+1;;3*+1;/p-3. The summed E-state index contributed by atoms with van der Waals surface area (Å²) in [5.74, 6) is 0. The van der Waals surface area contributed by atoms with E-state index in [0.29, 0.717) is 0 Å². The Bertz CT molecular complexity index is 1590. The van der Waals surface area contributed by atoms with Crippen LogP contribution in [0.1, 0.15) is 107 Å². The van der Waals surface area contributed by atoms with Crippen LogP contribution in [-0.2, 0) is 43.3 Å². The van der Waals surface area contributed by atoms with Crippen molar-refractivity contribution in [3.63, 3.8) is 0 Å². The van der Waals surface area contributed by atoms with E-state index in [1.807, 2.05) is 55.4 Å². The van der Waals surface area contributed by atoms with E-state index in [-0.39, 0.29) is 95.8 Å². The van der Waals surface area contributed by atoms with Gasteiger partial charge in [0.25, 0.3) is 0 Å². The number of rotatable bonds is 4. The van der Waals surface area contributed by atoms with Crippen LogP contribution in [0.2, 0.25) is 0 Å². The van der Waals surface area contributed by atoms with Gasteiger partial charge >= 0.3 is 71.3 Å². The maximum atomic E-state index is 10.7. The van der Waals surface area contributed by atoms with Gasteiger partial charge in [0, 0.05) is 7.43 Å². The Labute approximate surface area is 438 Å². The smallest absolute Gasteiger partial charge is 0.784 e. The molecule has 0 N–H and O–H groups in total. The van der Waals surface area contributed by atoms with Crippen LogP contribution in [-0.4, -0.2) is 44.3 Å². The zero-order valence-corrected chi connectivity index (χ0v) is 48.5. The Morgan fingerprint density at radius 2 is 0.578 bits per heavy atom. The summed E-state index contributed by atoms with van der Waals surface area (Å²) in [5, 5.41) is 0. The molecule has 0 aliphatic rings. The third-order valence-corrected chi connectivity index (χ3v) is 10.8. The first-order valence-corrected chi connectivity index (χ1v) is 24.6. The van der Waals surface area contributed by atoms with Gasteiger partial charge in [0.15, 0.2) is 29.7 Å². The predicted molar refractivity (Wildman–Crippen MR) is 254 cm³/mol. The molecule has 0 saturated carbocycles. The predicted octanol–water partition coefficient (Wildman–Crippen LogP) is 8.76. The quantitative estimate of drug-likeness (QED) is 0.0384. The SMILES string of the molecule is C.CC.CC.CC.CC.Cc1cc(C)cc([S+](C)c2cc(C)cc(C)c2)c1.Cc1cc(C)cc([S+](C)c2cc(C)cc(C)c2)c1.F[C+](F)F.O=S(=O)([O-])C(F)(F)F.O=S([O-])[O-].[CH3+].[Na+].[Na+]. The molecule has 0 unspecified atom stereocenters. The molecule has 0 aliphatic carbocycles. The summed E-state index contributed by atoms with van der Waals surface area (Å²) in [6.45, 7) is 30.3. The van der Waals surface area contributed by atoms with E-state index >= 15 is 0 Å². The van der Waals surface area contributed by atoms with Gasteiger partial charge in [-0.3, -0.25) is 4.21 Å². The molecule has 0 aromatic heterocycles. The average molecular weight is 1010 g/mol. The molecule has 4 rings (SSSR count).